The van der Waals surface area contributed by atoms with E-state index in [0.717, 1.165) is 36.8 Å². The van der Waals surface area contributed by atoms with E-state index in [4.69, 9.17) is 4.74 Å². The Morgan fingerprint density at radius 3 is 2.46 bits per heavy atom. The van der Waals surface area contributed by atoms with Gasteiger partial charge >= 0.3 is 12.0 Å². The number of urea groups is 1. The zero-order valence-corrected chi connectivity index (χ0v) is 14.2. The molecule has 0 bridgehead atoms. The molecule has 1 fully saturated rings. The standard InChI is InChI=1S/C18H24N2O4/c1-12-8-9-14(10-13(12)2)17(22)24-11-16(21)20-18(23)19-15-6-4-3-5-7-15/h8-10,15H,3-7,11H2,1-2H3,(H2,19,20,21,23). The number of hydrogen-bond donors (Lipinski definition) is 2. The minimum Gasteiger partial charge on any atom is -0.452 e. The molecule has 0 heterocycles. The lowest BCUT2D eigenvalue weighted by molar-refractivity contribution is -0.123. The van der Waals surface area contributed by atoms with Crippen molar-refractivity contribution >= 4 is 17.9 Å². The van der Waals surface area contributed by atoms with Crippen molar-refractivity contribution < 1.29 is 19.1 Å². The number of carbonyl (C=O) groups is 3. The third-order valence-corrected chi connectivity index (χ3v) is 4.27. The van der Waals surface area contributed by atoms with Crippen LogP contribution >= 0.6 is 0 Å². The summed E-state index contributed by atoms with van der Waals surface area (Å²) in [4.78, 5) is 35.4. The lowest BCUT2D eigenvalue weighted by Crippen LogP contribution is -2.46. The first-order valence-corrected chi connectivity index (χ1v) is 8.30. The molecule has 1 aromatic rings. The van der Waals surface area contributed by atoms with Gasteiger partial charge in [-0.1, -0.05) is 25.3 Å². The lowest BCUT2D eigenvalue weighted by Gasteiger charge is -2.22. The highest BCUT2D eigenvalue weighted by Gasteiger charge is 2.17. The molecule has 1 aromatic carbocycles. The summed E-state index contributed by atoms with van der Waals surface area (Å²) in [6.07, 6.45) is 5.23. The second-order valence-corrected chi connectivity index (χ2v) is 6.23. The molecule has 130 valence electrons. The van der Waals surface area contributed by atoms with Crippen molar-refractivity contribution in [2.45, 2.75) is 52.0 Å². The molecule has 0 aliphatic heterocycles. The number of carbonyl (C=O) groups excluding carboxylic acids is 3. The number of imide groups is 1. The van der Waals surface area contributed by atoms with Crippen LogP contribution in [0.2, 0.25) is 0 Å². The van der Waals surface area contributed by atoms with Crippen LogP contribution < -0.4 is 10.6 Å². The van der Waals surface area contributed by atoms with Crippen LogP contribution in [0.4, 0.5) is 4.79 Å². The van der Waals surface area contributed by atoms with Gasteiger partial charge in [0.2, 0.25) is 0 Å². The van der Waals surface area contributed by atoms with Gasteiger partial charge in [-0.3, -0.25) is 10.1 Å². The normalized spacial score (nSPS) is 14.8. The lowest BCUT2D eigenvalue weighted by atomic mass is 9.96. The second kappa shape index (κ2) is 8.47. The zero-order valence-electron chi connectivity index (χ0n) is 14.2. The summed E-state index contributed by atoms with van der Waals surface area (Å²) in [5.74, 6) is -1.22. The monoisotopic (exact) mass is 332 g/mol. The van der Waals surface area contributed by atoms with Gasteiger partial charge in [0.25, 0.3) is 5.91 Å². The third kappa shape index (κ3) is 5.37. The Hall–Kier alpha value is -2.37. The van der Waals surface area contributed by atoms with Crippen LogP contribution in [0.1, 0.15) is 53.6 Å². The Balaban J connectivity index is 1.74. The molecule has 24 heavy (non-hydrogen) atoms. The Morgan fingerprint density at radius 1 is 1.08 bits per heavy atom. The van der Waals surface area contributed by atoms with Gasteiger partial charge in [0.1, 0.15) is 0 Å². The van der Waals surface area contributed by atoms with Crippen LogP contribution in [0.15, 0.2) is 18.2 Å². The van der Waals surface area contributed by atoms with Crippen LogP contribution in [-0.2, 0) is 9.53 Å². The highest BCUT2D eigenvalue weighted by Crippen LogP contribution is 2.17. The summed E-state index contributed by atoms with van der Waals surface area (Å²) in [5.41, 5.74) is 2.43. The fraction of sp³-hybridized carbons (Fsp3) is 0.500. The summed E-state index contributed by atoms with van der Waals surface area (Å²) in [6, 6.07) is 4.77. The van der Waals surface area contributed by atoms with Gasteiger partial charge in [0.15, 0.2) is 6.61 Å². The smallest absolute Gasteiger partial charge is 0.338 e. The molecule has 2 rings (SSSR count). The molecule has 1 aliphatic rings. The number of ether oxygens (including phenoxy) is 1. The molecule has 6 nitrogen and oxygen atoms in total. The summed E-state index contributed by atoms with van der Waals surface area (Å²) in [7, 11) is 0. The summed E-state index contributed by atoms with van der Waals surface area (Å²) in [5, 5.41) is 4.96. The Bertz CT molecular complexity index is 621. The molecular weight excluding hydrogens is 308 g/mol. The van der Waals surface area contributed by atoms with Crippen molar-refractivity contribution in [3.8, 4) is 0 Å². The maximum absolute atomic E-state index is 11.9. The van der Waals surface area contributed by atoms with Crippen molar-refractivity contribution in [1.29, 1.82) is 0 Å². The molecular formula is C18H24N2O4. The Morgan fingerprint density at radius 2 is 1.79 bits per heavy atom. The van der Waals surface area contributed by atoms with Gasteiger partial charge < -0.3 is 10.1 Å². The number of amides is 3. The van der Waals surface area contributed by atoms with E-state index in [1.165, 1.54) is 6.42 Å². The number of esters is 1. The predicted molar refractivity (Wildman–Crippen MR) is 89.7 cm³/mol. The van der Waals surface area contributed by atoms with Gasteiger partial charge in [-0.05, 0) is 49.9 Å². The van der Waals surface area contributed by atoms with Crippen molar-refractivity contribution in [3.63, 3.8) is 0 Å². The molecule has 0 spiro atoms. The minimum absolute atomic E-state index is 0.115. The van der Waals surface area contributed by atoms with E-state index in [1.807, 2.05) is 19.9 Å². The molecule has 0 radical (unpaired) electrons. The first kappa shape index (κ1) is 18.0. The van der Waals surface area contributed by atoms with E-state index in [0.29, 0.717) is 5.56 Å². The van der Waals surface area contributed by atoms with E-state index in [1.54, 1.807) is 12.1 Å². The number of aryl methyl sites for hydroxylation is 2. The fourth-order valence-electron chi connectivity index (χ4n) is 2.71. The molecule has 0 atom stereocenters. The summed E-state index contributed by atoms with van der Waals surface area (Å²) in [6.45, 7) is 3.36. The van der Waals surface area contributed by atoms with Crippen LogP contribution in [0.3, 0.4) is 0 Å². The van der Waals surface area contributed by atoms with Crippen molar-refractivity contribution in [2.75, 3.05) is 6.61 Å². The summed E-state index contributed by atoms with van der Waals surface area (Å²) < 4.78 is 4.94. The Labute approximate surface area is 142 Å². The number of hydrogen-bond acceptors (Lipinski definition) is 4. The van der Waals surface area contributed by atoms with Crippen molar-refractivity contribution in [3.05, 3.63) is 34.9 Å². The van der Waals surface area contributed by atoms with Gasteiger partial charge in [-0.2, -0.15) is 0 Å². The zero-order chi connectivity index (χ0) is 17.5. The van der Waals surface area contributed by atoms with Crippen LogP contribution in [0.25, 0.3) is 0 Å². The van der Waals surface area contributed by atoms with Gasteiger partial charge in [0, 0.05) is 6.04 Å². The predicted octanol–water partition coefficient (Wildman–Crippen LogP) is 2.62. The highest BCUT2D eigenvalue weighted by atomic mass is 16.5. The van der Waals surface area contributed by atoms with Gasteiger partial charge in [-0.25, -0.2) is 9.59 Å². The molecule has 3 amide bonds. The van der Waals surface area contributed by atoms with E-state index < -0.39 is 24.5 Å². The summed E-state index contributed by atoms with van der Waals surface area (Å²) >= 11 is 0. The van der Waals surface area contributed by atoms with E-state index in [-0.39, 0.29) is 6.04 Å². The SMILES string of the molecule is Cc1ccc(C(=O)OCC(=O)NC(=O)NC2CCCCC2)cc1C. The molecule has 0 unspecified atom stereocenters. The fourth-order valence-corrected chi connectivity index (χ4v) is 2.71. The second-order valence-electron chi connectivity index (χ2n) is 6.23. The molecule has 0 aromatic heterocycles. The molecule has 1 aliphatic carbocycles. The number of benzene rings is 1. The van der Waals surface area contributed by atoms with E-state index in [2.05, 4.69) is 10.6 Å². The molecule has 0 saturated heterocycles. The van der Waals surface area contributed by atoms with E-state index >= 15 is 0 Å². The maximum atomic E-state index is 11.9. The average molecular weight is 332 g/mol. The topological polar surface area (TPSA) is 84.5 Å². The van der Waals surface area contributed by atoms with E-state index in [9.17, 15) is 14.4 Å². The first-order chi connectivity index (χ1) is 11.5. The van der Waals surface area contributed by atoms with Crippen molar-refractivity contribution in [2.24, 2.45) is 0 Å². The molecule has 2 N–H and O–H groups in total. The third-order valence-electron chi connectivity index (χ3n) is 4.27. The molecule has 6 heteroatoms. The van der Waals surface area contributed by atoms with Crippen LogP contribution in [0.5, 0.6) is 0 Å². The maximum Gasteiger partial charge on any atom is 0.338 e. The quantitative estimate of drug-likeness (QED) is 0.830. The van der Waals surface area contributed by atoms with Gasteiger partial charge in [-0.15, -0.1) is 0 Å². The molecule has 1 saturated carbocycles. The van der Waals surface area contributed by atoms with Gasteiger partial charge in [0.05, 0.1) is 5.56 Å². The Kier molecular flexibility index (Phi) is 6.35. The van der Waals surface area contributed by atoms with Crippen molar-refractivity contribution in [1.82, 2.24) is 10.6 Å². The highest BCUT2D eigenvalue weighted by molar-refractivity contribution is 5.97. The minimum atomic E-state index is -0.638. The number of nitrogens with one attached hydrogen (secondary N) is 2. The first-order valence-electron chi connectivity index (χ1n) is 8.30. The number of rotatable bonds is 4. The van der Waals surface area contributed by atoms with Crippen LogP contribution in [0, 0.1) is 13.8 Å². The largest absolute Gasteiger partial charge is 0.452 e. The van der Waals surface area contributed by atoms with Crippen LogP contribution in [-0.4, -0.2) is 30.6 Å². The average Bonchev–Trinajstić information content (AvgIpc) is 2.56.